The van der Waals surface area contributed by atoms with Gasteiger partial charge in [-0.2, -0.15) is 0 Å². The molecule has 0 bridgehead atoms. The zero-order valence-electron chi connectivity index (χ0n) is 12.6. The molecule has 0 radical (unpaired) electrons. The number of imide groups is 2. The average Bonchev–Trinajstić information content (AvgIpc) is 2.91. The molecule has 6 heteroatoms. The summed E-state index contributed by atoms with van der Waals surface area (Å²) >= 11 is 1.47. The Kier molecular flexibility index (Phi) is 3.83. The SMILES string of the molecule is Cc1ccc(/C=C2\C(=O)NC(=O)N(c3ccccc3C)C2=O)s1. The van der Waals surface area contributed by atoms with Crippen LogP contribution in [0.4, 0.5) is 10.5 Å². The van der Waals surface area contributed by atoms with Crippen molar-refractivity contribution in [3.8, 4) is 0 Å². The first-order valence-electron chi connectivity index (χ1n) is 7.01. The number of amides is 4. The second kappa shape index (κ2) is 5.81. The lowest BCUT2D eigenvalue weighted by Crippen LogP contribution is -2.54. The van der Waals surface area contributed by atoms with Gasteiger partial charge in [-0.3, -0.25) is 14.9 Å². The summed E-state index contributed by atoms with van der Waals surface area (Å²) in [6, 6.07) is 10.1. The maximum atomic E-state index is 12.7. The Hall–Kier alpha value is -2.73. The number of aryl methyl sites for hydroxylation is 2. The first-order chi connectivity index (χ1) is 11.0. The molecule has 3 rings (SSSR count). The number of carbonyl (C=O) groups excluding carboxylic acids is 3. The molecular formula is C17H14N2O3S. The number of nitrogens with zero attached hydrogens (tertiary/aromatic N) is 1. The van der Waals surface area contributed by atoms with Crippen molar-refractivity contribution in [2.24, 2.45) is 0 Å². The van der Waals surface area contributed by atoms with Gasteiger partial charge >= 0.3 is 6.03 Å². The van der Waals surface area contributed by atoms with Crippen molar-refractivity contribution in [2.75, 3.05) is 4.90 Å². The third-order valence-corrected chi connectivity index (χ3v) is 4.45. The lowest BCUT2D eigenvalue weighted by atomic mass is 10.1. The summed E-state index contributed by atoms with van der Waals surface area (Å²) < 4.78 is 0. The van der Waals surface area contributed by atoms with Crippen molar-refractivity contribution in [2.45, 2.75) is 13.8 Å². The number of barbiturate groups is 1. The topological polar surface area (TPSA) is 66.5 Å². The number of benzene rings is 1. The molecule has 1 aromatic carbocycles. The fourth-order valence-electron chi connectivity index (χ4n) is 2.36. The van der Waals surface area contributed by atoms with Crippen LogP contribution in [-0.4, -0.2) is 17.8 Å². The van der Waals surface area contributed by atoms with Gasteiger partial charge in [0.2, 0.25) is 0 Å². The molecule has 2 heterocycles. The van der Waals surface area contributed by atoms with E-state index in [4.69, 9.17) is 0 Å². The van der Waals surface area contributed by atoms with Crippen molar-refractivity contribution < 1.29 is 14.4 Å². The molecule has 2 aromatic rings. The minimum Gasteiger partial charge on any atom is -0.273 e. The van der Waals surface area contributed by atoms with Crippen LogP contribution in [0.2, 0.25) is 0 Å². The predicted molar refractivity (Wildman–Crippen MR) is 89.2 cm³/mol. The molecule has 0 spiro atoms. The number of urea groups is 1. The highest BCUT2D eigenvalue weighted by Crippen LogP contribution is 2.26. The number of rotatable bonds is 2. The van der Waals surface area contributed by atoms with E-state index in [1.54, 1.807) is 25.1 Å². The summed E-state index contributed by atoms with van der Waals surface area (Å²) in [5.74, 6) is -1.28. The molecule has 1 saturated heterocycles. The first kappa shape index (κ1) is 15.2. The van der Waals surface area contributed by atoms with E-state index in [9.17, 15) is 14.4 Å². The van der Waals surface area contributed by atoms with E-state index < -0.39 is 17.8 Å². The number of nitrogens with one attached hydrogen (secondary N) is 1. The monoisotopic (exact) mass is 326 g/mol. The summed E-state index contributed by atoms with van der Waals surface area (Å²) in [7, 11) is 0. The number of thiophene rings is 1. The molecule has 0 atom stereocenters. The van der Waals surface area contributed by atoms with Gasteiger partial charge in [-0.05, 0) is 43.7 Å². The fourth-order valence-corrected chi connectivity index (χ4v) is 3.18. The third-order valence-electron chi connectivity index (χ3n) is 3.51. The van der Waals surface area contributed by atoms with Gasteiger partial charge < -0.3 is 0 Å². The molecule has 1 fully saturated rings. The van der Waals surface area contributed by atoms with Crippen LogP contribution in [0.3, 0.4) is 0 Å². The number of hydrogen-bond donors (Lipinski definition) is 1. The Morgan fingerprint density at radius 3 is 2.43 bits per heavy atom. The van der Waals surface area contributed by atoms with Crippen LogP contribution >= 0.6 is 11.3 Å². The van der Waals surface area contributed by atoms with Crippen LogP contribution < -0.4 is 10.2 Å². The fraction of sp³-hybridized carbons (Fsp3) is 0.118. The zero-order chi connectivity index (χ0) is 16.6. The van der Waals surface area contributed by atoms with Crippen molar-refractivity contribution in [1.29, 1.82) is 0 Å². The molecular weight excluding hydrogens is 312 g/mol. The quantitative estimate of drug-likeness (QED) is 0.681. The van der Waals surface area contributed by atoms with Gasteiger partial charge in [0.05, 0.1) is 5.69 Å². The van der Waals surface area contributed by atoms with Crippen LogP contribution in [0.15, 0.2) is 42.0 Å². The third kappa shape index (κ3) is 2.80. The van der Waals surface area contributed by atoms with E-state index in [0.29, 0.717) is 5.69 Å². The minimum atomic E-state index is -0.728. The normalized spacial score (nSPS) is 16.9. The molecule has 23 heavy (non-hydrogen) atoms. The van der Waals surface area contributed by atoms with E-state index >= 15 is 0 Å². The van der Waals surface area contributed by atoms with Gasteiger partial charge in [-0.1, -0.05) is 18.2 Å². The second-order valence-corrected chi connectivity index (χ2v) is 6.51. The summed E-state index contributed by atoms with van der Waals surface area (Å²) in [5, 5.41) is 2.23. The predicted octanol–water partition coefficient (Wildman–Crippen LogP) is 3.03. The van der Waals surface area contributed by atoms with Gasteiger partial charge in [0.1, 0.15) is 5.57 Å². The summed E-state index contributed by atoms with van der Waals surface area (Å²) in [6.07, 6.45) is 1.52. The van der Waals surface area contributed by atoms with Gasteiger partial charge in [-0.15, -0.1) is 11.3 Å². The maximum Gasteiger partial charge on any atom is 0.335 e. The molecule has 4 amide bonds. The largest absolute Gasteiger partial charge is 0.335 e. The summed E-state index contributed by atoms with van der Waals surface area (Å²) in [5.41, 5.74) is 1.20. The average molecular weight is 326 g/mol. The van der Waals surface area contributed by atoms with Crippen molar-refractivity contribution in [1.82, 2.24) is 5.32 Å². The highest BCUT2D eigenvalue weighted by Gasteiger charge is 2.37. The molecule has 1 aliphatic rings. The van der Waals surface area contributed by atoms with Crippen LogP contribution in [-0.2, 0) is 9.59 Å². The molecule has 1 aromatic heterocycles. The van der Waals surface area contributed by atoms with Crippen LogP contribution in [0, 0.1) is 13.8 Å². The smallest absolute Gasteiger partial charge is 0.273 e. The number of carbonyl (C=O) groups is 3. The number of anilines is 1. The Labute approximate surface area is 137 Å². The second-order valence-electron chi connectivity index (χ2n) is 5.19. The van der Waals surface area contributed by atoms with Crippen LogP contribution in [0.1, 0.15) is 15.3 Å². The number of hydrogen-bond acceptors (Lipinski definition) is 4. The van der Waals surface area contributed by atoms with Crippen molar-refractivity contribution in [3.63, 3.8) is 0 Å². The lowest BCUT2D eigenvalue weighted by Gasteiger charge is -2.27. The van der Waals surface area contributed by atoms with Gasteiger partial charge in [0, 0.05) is 9.75 Å². The maximum absolute atomic E-state index is 12.7. The highest BCUT2D eigenvalue weighted by molar-refractivity contribution is 7.12. The number of para-hydroxylation sites is 1. The minimum absolute atomic E-state index is 0.0466. The lowest BCUT2D eigenvalue weighted by molar-refractivity contribution is -0.122. The van der Waals surface area contributed by atoms with Crippen molar-refractivity contribution >= 4 is 40.9 Å². The molecule has 0 saturated carbocycles. The molecule has 1 aliphatic heterocycles. The standard InChI is InChI=1S/C17H14N2O3S/c1-10-5-3-4-6-14(10)19-16(21)13(15(20)18-17(19)22)9-12-8-7-11(2)23-12/h3-9H,1-2H3,(H,18,20,22)/b13-9+. The van der Waals surface area contributed by atoms with E-state index in [1.807, 2.05) is 25.1 Å². The Bertz CT molecular complexity index is 851. The molecule has 0 unspecified atom stereocenters. The van der Waals surface area contributed by atoms with Gasteiger partial charge in [0.25, 0.3) is 11.8 Å². The van der Waals surface area contributed by atoms with E-state index in [1.165, 1.54) is 17.4 Å². The Morgan fingerprint density at radius 1 is 1.04 bits per heavy atom. The van der Waals surface area contributed by atoms with Crippen LogP contribution in [0.5, 0.6) is 0 Å². The molecule has 0 aliphatic carbocycles. The Morgan fingerprint density at radius 2 is 1.78 bits per heavy atom. The van der Waals surface area contributed by atoms with E-state index in [0.717, 1.165) is 20.2 Å². The first-order valence-corrected chi connectivity index (χ1v) is 7.82. The molecule has 116 valence electrons. The van der Waals surface area contributed by atoms with Gasteiger partial charge in [-0.25, -0.2) is 9.69 Å². The highest BCUT2D eigenvalue weighted by atomic mass is 32.1. The summed E-state index contributed by atoms with van der Waals surface area (Å²) in [4.78, 5) is 39.7. The summed E-state index contributed by atoms with van der Waals surface area (Å²) in [6.45, 7) is 3.75. The molecule has 5 nitrogen and oxygen atoms in total. The van der Waals surface area contributed by atoms with Crippen LogP contribution in [0.25, 0.3) is 6.08 Å². The van der Waals surface area contributed by atoms with Crippen molar-refractivity contribution in [3.05, 3.63) is 57.3 Å². The van der Waals surface area contributed by atoms with Gasteiger partial charge in [0.15, 0.2) is 0 Å². The zero-order valence-corrected chi connectivity index (χ0v) is 13.4. The van der Waals surface area contributed by atoms with E-state index in [2.05, 4.69) is 5.32 Å². The van der Waals surface area contributed by atoms with E-state index in [-0.39, 0.29) is 5.57 Å². The Balaban J connectivity index is 2.04. The molecule has 1 N–H and O–H groups in total.